The average molecular weight is 419 g/mol. The fourth-order valence-electron chi connectivity index (χ4n) is 3.76. The molecule has 0 bridgehead atoms. The summed E-state index contributed by atoms with van der Waals surface area (Å²) in [5, 5.41) is 2.98. The average Bonchev–Trinajstić information content (AvgIpc) is 2.81. The van der Waals surface area contributed by atoms with Crippen molar-refractivity contribution in [1.82, 2.24) is 20.1 Å². The minimum atomic E-state index is -0.280. The molecule has 1 aliphatic rings. The number of nitrogens with zero attached hydrogens (tertiary/aromatic N) is 3. The van der Waals surface area contributed by atoms with Crippen LogP contribution in [0.5, 0.6) is 0 Å². The number of nitrogens with one attached hydrogen (secondary N) is 1. The van der Waals surface area contributed by atoms with Gasteiger partial charge in [-0.25, -0.2) is 4.39 Å². The maximum Gasteiger partial charge on any atom is 0.252 e. The molecule has 0 spiro atoms. The zero-order valence-electron chi connectivity index (χ0n) is 17.5. The molecule has 2 aromatic carbocycles. The summed E-state index contributed by atoms with van der Waals surface area (Å²) in [6.07, 6.45) is 1.57. The van der Waals surface area contributed by atoms with Gasteiger partial charge in [-0.15, -0.1) is 0 Å². The van der Waals surface area contributed by atoms with Gasteiger partial charge in [0.15, 0.2) is 0 Å². The van der Waals surface area contributed by atoms with Crippen molar-refractivity contribution in [2.24, 2.45) is 0 Å². The molecule has 4 rings (SSSR count). The first kappa shape index (κ1) is 21.2. The van der Waals surface area contributed by atoms with Crippen LogP contribution in [0.3, 0.4) is 0 Å². The summed E-state index contributed by atoms with van der Waals surface area (Å²) in [6, 6.07) is 20.3. The van der Waals surface area contributed by atoms with Gasteiger partial charge in [0.1, 0.15) is 5.82 Å². The zero-order chi connectivity index (χ0) is 21.5. The number of rotatable bonds is 7. The van der Waals surface area contributed by atoms with Gasteiger partial charge in [-0.2, -0.15) is 0 Å². The predicted molar refractivity (Wildman–Crippen MR) is 120 cm³/mol. The molecular weight excluding hydrogens is 391 g/mol. The van der Waals surface area contributed by atoms with E-state index in [-0.39, 0.29) is 11.7 Å². The molecule has 2 heterocycles. The number of hydrogen-bond acceptors (Lipinski definition) is 4. The Hall–Kier alpha value is -3.09. The first-order chi connectivity index (χ1) is 15.2. The van der Waals surface area contributed by atoms with Crippen LogP contribution in [0.2, 0.25) is 0 Å². The highest BCUT2D eigenvalue weighted by molar-refractivity contribution is 5.94. The minimum absolute atomic E-state index is 0.124. The number of benzene rings is 2. The molecule has 1 amide bonds. The van der Waals surface area contributed by atoms with E-state index in [9.17, 15) is 9.18 Å². The maximum absolute atomic E-state index is 13.1. The Morgan fingerprint density at radius 2 is 1.61 bits per heavy atom. The van der Waals surface area contributed by atoms with Crippen molar-refractivity contribution >= 4 is 5.91 Å². The lowest BCUT2D eigenvalue weighted by Crippen LogP contribution is -2.48. The van der Waals surface area contributed by atoms with Gasteiger partial charge >= 0.3 is 0 Å². The molecule has 160 valence electrons. The lowest BCUT2D eigenvalue weighted by atomic mass is 10.1. The topological polar surface area (TPSA) is 48.5 Å². The summed E-state index contributed by atoms with van der Waals surface area (Å²) in [7, 11) is 0. The number of piperazine rings is 1. The van der Waals surface area contributed by atoms with Crippen LogP contribution in [0.4, 0.5) is 4.39 Å². The summed E-state index contributed by atoms with van der Waals surface area (Å²) >= 11 is 0. The molecule has 1 aromatic heterocycles. The highest BCUT2D eigenvalue weighted by atomic mass is 19.1. The maximum atomic E-state index is 13.1. The summed E-state index contributed by atoms with van der Waals surface area (Å²) in [4.78, 5) is 21.6. The van der Waals surface area contributed by atoms with E-state index >= 15 is 0 Å². The van der Waals surface area contributed by atoms with Gasteiger partial charge in [-0.3, -0.25) is 19.6 Å². The van der Waals surface area contributed by atoms with Crippen LogP contribution in [0.1, 0.15) is 15.9 Å². The highest BCUT2D eigenvalue weighted by Crippen LogP contribution is 2.17. The lowest BCUT2D eigenvalue weighted by Gasteiger charge is -2.34. The van der Waals surface area contributed by atoms with E-state index in [0.717, 1.165) is 44.8 Å². The summed E-state index contributed by atoms with van der Waals surface area (Å²) in [6.45, 7) is 6.54. The van der Waals surface area contributed by atoms with Gasteiger partial charge < -0.3 is 5.32 Å². The summed E-state index contributed by atoms with van der Waals surface area (Å²) in [5.74, 6) is -0.404. The number of carbonyl (C=O) groups excluding carboxylic acids is 1. The molecule has 0 aliphatic carbocycles. The molecule has 5 nitrogen and oxygen atoms in total. The van der Waals surface area contributed by atoms with Crippen molar-refractivity contribution in [3.63, 3.8) is 0 Å². The van der Waals surface area contributed by atoms with Crippen LogP contribution in [-0.4, -0.2) is 60.0 Å². The van der Waals surface area contributed by atoms with Crippen molar-refractivity contribution in [2.45, 2.75) is 6.54 Å². The minimum Gasteiger partial charge on any atom is -0.351 e. The van der Waals surface area contributed by atoms with E-state index in [1.54, 1.807) is 30.5 Å². The second-order valence-corrected chi connectivity index (χ2v) is 7.80. The third-order valence-electron chi connectivity index (χ3n) is 5.59. The molecule has 1 aliphatic heterocycles. The summed E-state index contributed by atoms with van der Waals surface area (Å²) in [5.41, 5.74) is 3.41. The van der Waals surface area contributed by atoms with E-state index in [1.165, 1.54) is 17.7 Å². The number of aromatic nitrogens is 1. The summed E-state index contributed by atoms with van der Waals surface area (Å²) < 4.78 is 13.1. The zero-order valence-corrected chi connectivity index (χ0v) is 17.5. The van der Waals surface area contributed by atoms with Crippen LogP contribution < -0.4 is 5.32 Å². The third-order valence-corrected chi connectivity index (χ3v) is 5.59. The molecule has 0 radical (unpaired) electrons. The van der Waals surface area contributed by atoms with Crippen molar-refractivity contribution in [3.05, 3.63) is 89.9 Å². The van der Waals surface area contributed by atoms with Crippen LogP contribution >= 0.6 is 0 Å². The molecule has 0 atom stereocenters. The second kappa shape index (κ2) is 10.3. The largest absolute Gasteiger partial charge is 0.351 e. The lowest BCUT2D eigenvalue weighted by molar-refractivity contribution is 0.0934. The van der Waals surface area contributed by atoms with E-state index in [2.05, 4.69) is 44.4 Å². The Morgan fingerprint density at radius 3 is 2.29 bits per heavy atom. The van der Waals surface area contributed by atoms with E-state index in [1.807, 2.05) is 6.07 Å². The van der Waals surface area contributed by atoms with Gasteiger partial charge in [-0.1, -0.05) is 30.3 Å². The molecule has 0 saturated carbocycles. The fourth-order valence-corrected chi connectivity index (χ4v) is 3.76. The Labute approximate surface area is 182 Å². The van der Waals surface area contributed by atoms with E-state index in [0.29, 0.717) is 17.8 Å². The molecule has 0 unspecified atom stereocenters. The molecule has 1 saturated heterocycles. The van der Waals surface area contributed by atoms with Crippen LogP contribution in [0, 0.1) is 5.82 Å². The molecular formula is C25H27FN4O. The number of hydrogen-bond donors (Lipinski definition) is 1. The molecule has 3 aromatic rings. The molecule has 6 heteroatoms. The normalized spacial score (nSPS) is 15.0. The highest BCUT2D eigenvalue weighted by Gasteiger charge is 2.17. The standard InChI is InChI=1S/C25H27FN4O/c26-23-9-6-21(7-10-23)24-11-8-22(18-28-24)25(31)27-12-13-29-14-16-30(17-15-29)19-20-4-2-1-3-5-20/h1-11,18H,12-17,19H2,(H,27,31). The number of halogens is 1. The number of pyridine rings is 1. The number of carbonyl (C=O) groups is 1. The monoisotopic (exact) mass is 418 g/mol. The smallest absolute Gasteiger partial charge is 0.252 e. The van der Waals surface area contributed by atoms with Crippen molar-refractivity contribution in [3.8, 4) is 11.3 Å². The third kappa shape index (κ3) is 5.96. The van der Waals surface area contributed by atoms with E-state index in [4.69, 9.17) is 0 Å². The van der Waals surface area contributed by atoms with Gasteiger partial charge in [-0.05, 0) is 42.0 Å². The Balaban J connectivity index is 1.19. The van der Waals surface area contributed by atoms with Crippen molar-refractivity contribution in [2.75, 3.05) is 39.3 Å². The number of amides is 1. The van der Waals surface area contributed by atoms with E-state index < -0.39 is 0 Å². The first-order valence-corrected chi connectivity index (χ1v) is 10.7. The van der Waals surface area contributed by atoms with Crippen LogP contribution in [0.25, 0.3) is 11.3 Å². The van der Waals surface area contributed by atoms with Crippen molar-refractivity contribution in [1.29, 1.82) is 0 Å². The Morgan fingerprint density at radius 1 is 0.903 bits per heavy atom. The van der Waals surface area contributed by atoms with Crippen molar-refractivity contribution < 1.29 is 9.18 Å². The SMILES string of the molecule is O=C(NCCN1CCN(Cc2ccccc2)CC1)c1ccc(-c2ccc(F)cc2)nc1. The van der Waals surface area contributed by atoms with Crippen LogP contribution in [0.15, 0.2) is 72.9 Å². The second-order valence-electron chi connectivity index (χ2n) is 7.80. The molecule has 1 fully saturated rings. The Bertz CT molecular complexity index is 969. The van der Waals surface area contributed by atoms with Gasteiger partial charge in [0, 0.05) is 57.6 Å². The quantitative estimate of drug-likeness (QED) is 0.639. The fraction of sp³-hybridized carbons (Fsp3) is 0.280. The van der Waals surface area contributed by atoms with Gasteiger partial charge in [0.25, 0.3) is 5.91 Å². The van der Waals surface area contributed by atoms with Gasteiger partial charge in [0.05, 0.1) is 11.3 Å². The van der Waals surface area contributed by atoms with Crippen LogP contribution in [-0.2, 0) is 6.54 Å². The molecule has 31 heavy (non-hydrogen) atoms. The van der Waals surface area contributed by atoms with Gasteiger partial charge in [0.2, 0.25) is 0 Å². The first-order valence-electron chi connectivity index (χ1n) is 10.7. The molecule has 1 N–H and O–H groups in total. The Kier molecular flexibility index (Phi) is 7.02. The predicted octanol–water partition coefficient (Wildman–Crippen LogP) is 3.44.